The minimum absolute atomic E-state index is 0.180. The molecule has 0 aliphatic heterocycles. The number of aromatic amines is 1. The summed E-state index contributed by atoms with van der Waals surface area (Å²) >= 11 is 4.98. The van der Waals surface area contributed by atoms with Crippen LogP contribution >= 0.6 is 27.7 Å². The van der Waals surface area contributed by atoms with Gasteiger partial charge in [-0.1, -0.05) is 33.8 Å². The Morgan fingerprint density at radius 2 is 2.10 bits per heavy atom. The van der Waals surface area contributed by atoms with Gasteiger partial charge >= 0.3 is 0 Å². The average Bonchev–Trinajstić information content (AvgIpc) is 2.41. The number of nitrogens with zero attached hydrogens (tertiary/aromatic N) is 1. The topological polar surface area (TPSA) is 71.8 Å². The van der Waals surface area contributed by atoms with Crippen molar-refractivity contribution in [3.8, 4) is 0 Å². The zero-order valence-corrected chi connectivity index (χ0v) is 12.7. The Morgan fingerprint density at radius 1 is 1.25 bits per heavy atom. The summed E-state index contributed by atoms with van der Waals surface area (Å²) < 4.78 is 1.01. The first-order valence-electron chi connectivity index (χ1n) is 5.84. The number of aromatic nitrogens is 2. The molecule has 6 heteroatoms. The zero-order chi connectivity index (χ0) is 14.1. The molecular weight excluding hydrogens is 338 g/mol. The van der Waals surface area contributed by atoms with Gasteiger partial charge in [0.05, 0.1) is 17.2 Å². The maximum absolute atomic E-state index is 11.7. The highest BCUT2D eigenvalue weighted by Gasteiger charge is 2.07. The van der Waals surface area contributed by atoms with E-state index in [2.05, 4.69) is 25.9 Å². The molecule has 0 fully saturated rings. The van der Waals surface area contributed by atoms with E-state index in [1.165, 1.54) is 6.33 Å². The quantitative estimate of drug-likeness (QED) is 0.696. The van der Waals surface area contributed by atoms with Gasteiger partial charge in [0.1, 0.15) is 0 Å². The normalized spacial score (nSPS) is 10.8. The van der Waals surface area contributed by atoms with Crippen molar-refractivity contribution in [2.45, 2.75) is 9.79 Å². The Hall–Kier alpha value is -1.79. The lowest BCUT2D eigenvalue weighted by atomic mass is 10.2. The van der Waals surface area contributed by atoms with Crippen molar-refractivity contribution in [1.82, 2.24) is 9.97 Å². The van der Waals surface area contributed by atoms with E-state index < -0.39 is 0 Å². The molecule has 0 saturated heterocycles. The summed E-state index contributed by atoms with van der Waals surface area (Å²) in [4.78, 5) is 20.3. The van der Waals surface area contributed by atoms with E-state index in [0.29, 0.717) is 16.6 Å². The highest BCUT2D eigenvalue weighted by Crippen LogP contribution is 2.34. The van der Waals surface area contributed by atoms with E-state index in [9.17, 15) is 4.79 Å². The summed E-state index contributed by atoms with van der Waals surface area (Å²) in [6.07, 6.45) is 1.40. The van der Waals surface area contributed by atoms with Crippen LogP contribution in [0.2, 0.25) is 0 Å². The van der Waals surface area contributed by atoms with Crippen molar-refractivity contribution in [2.24, 2.45) is 0 Å². The maximum Gasteiger partial charge on any atom is 0.258 e. The first-order chi connectivity index (χ1) is 9.63. The second-order valence-corrected chi connectivity index (χ2v) is 6.23. The number of nitrogens with one attached hydrogen (secondary N) is 1. The predicted octanol–water partition coefficient (Wildman–Crippen LogP) is 3.42. The van der Waals surface area contributed by atoms with Gasteiger partial charge in [-0.25, -0.2) is 4.98 Å². The molecule has 0 atom stereocenters. The first kappa shape index (κ1) is 13.2. The van der Waals surface area contributed by atoms with Crippen LogP contribution in [0, 0.1) is 0 Å². The number of rotatable bonds is 2. The van der Waals surface area contributed by atoms with E-state index in [4.69, 9.17) is 5.73 Å². The Balaban J connectivity index is 2.08. The summed E-state index contributed by atoms with van der Waals surface area (Å²) in [6.45, 7) is 0. The fraction of sp³-hybridized carbons (Fsp3) is 0. The van der Waals surface area contributed by atoms with Crippen LogP contribution in [0.3, 0.4) is 0 Å². The number of anilines is 1. The molecule has 1 heterocycles. The molecule has 4 nitrogen and oxygen atoms in total. The van der Waals surface area contributed by atoms with Crippen LogP contribution in [0.5, 0.6) is 0 Å². The Labute approximate surface area is 127 Å². The summed E-state index contributed by atoms with van der Waals surface area (Å²) in [6, 6.07) is 11.5. The number of halogens is 1. The van der Waals surface area contributed by atoms with Crippen LogP contribution in [-0.4, -0.2) is 9.97 Å². The van der Waals surface area contributed by atoms with Crippen LogP contribution in [-0.2, 0) is 0 Å². The van der Waals surface area contributed by atoms with Gasteiger partial charge in [0, 0.05) is 20.0 Å². The number of hydrogen-bond donors (Lipinski definition) is 2. The molecule has 0 bridgehead atoms. The molecule has 0 radical (unpaired) electrons. The molecule has 3 rings (SSSR count). The molecule has 0 spiro atoms. The third kappa shape index (κ3) is 2.57. The van der Waals surface area contributed by atoms with E-state index in [0.717, 1.165) is 14.3 Å². The van der Waals surface area contributed by atoms with E-state index in [1.807, 2.05) is 30.3 Å². The number of hydrogen-bond acceptors (Lipinski definition) is 4. The standard InChI is InChI=1S/C14H10BrN3OS/c15-8-2-1-3-9(4-8)20-13-6-12-10(5-11(13)16)14(19)18-7-17-12/h1-7H,16H2,(H,17,18,19). The van der Waals surface area contributed by atoms with Crippen LogP contribution in [0.25, 0.3) is 10.9 Å². The number of nitrogens with two attached hydrogens (primary N) is 1. The second-order valence-electron chi connectivity index (χ2n) is 4.20. The average molecular weight is 348 g/mol. The highest BCUT2D eigenvalue weighted by atomic mass is 79.9. The third-order valence-electron chi connectivity index (χ3n) is 2.80. The van der Waals surface area contributed by atoms with Crippen molar-refractivity contribution in [2.75, 3.05) is 5.73 Å². The summed E-state index contributed by atoms with van der Waals surface area (Å²) in [5.41, 5.74) is 7.06. The monoisotopic (exact) mass is 347 g/mol. The van der Waals surface area contributed by atoms with Crippen molar-refractivity contribution in [3.63, 3.8) is 0 Å². The minimum atomic E-state index is -0.180. The lowest BCUT2D eigenvalue weighted by Crippen LogP contribution is -2.07. The van der Waals surface area contributed by atoms with Crippen LogP contribution < -0.4 is 11.3 Å². The largest absolute Gasteiger partial charge is 0.398 e. The molecule has 0 aliphatic rings. The fourth-order valence-electron chi connectivity index (χ4n) is 1.86. The molecule has 0 saturated carbocycles. The molecule has 0 unspecified atom stereocenters. The van der Waals surface area contributed by atoms with Crippen LogP contribution in [0.15, 0.2) is 61.8 Å². The Morgan fingerprint density at radius 3 is 2.90 bits per heavy atom. The van der Waals surface area contributed by atoms with Gasteiger partial charge in [-0.15, -0.1) is 0 Å². The molecule has 1 aromatic heterocycles. The van der Waals surface area contributed by atoms with Crippen molar-refractivity contribution >= 4 is 44.3 Å². The summed E-state index contributed by atoms with van der Waals surface area (Å²) in [5, 5.41) is 0.503. The van der Waals surface area contributed by atoms with E-state index in [-0.39, 0.29) is 5.56 Å². The van der Waals surface area contributed by atoms with Crippen molar-refractivity contribution < 1.29 is 0 Å². The lowest BCUT2D eigenvalue weighted by Gasteiger charge is -2.07. The molecule has 0 amide bonds. The van der Waals surface area contributed by atoms with Gasteiger partial charge in [-0.05, 0) is 30.3 Å². The SMILES string of the molecule is Nc1cc2c(=O)[nH]cnc2cc1Sc1cccc(Br)c1. The number of benzene rings is 2. The number of nitrogen functional groups attached to an aromatic ring is 1. The summed E-state index contributed by atoms with van der Waals surface area (Å²) in [7, 11) is 0. The first-order valence-corrected chi connectivity index (χ1v) is 7.45. The van der Waals surface area contributed by atoms with Crippen molar-refractivity contribution in [3.05, 3.63) is 57.6 Å². The van der Waals surface area contributed by atoms with Gasteiger partial charge in [0.2, 0.25) is 0 Å². The van der Waals surface area contributed by atoms with Gasteiger partial charge in [0.15, 0.2) is 0 Å². The number of H-pyrrole nitrogens is 1. The fourth-order valence-corrected chi connectivity index (χ4v) is 3.34. The molecule has 3 N–H and O–H groups in total. The van der Waals surface area contributed by atoms with Crippen LogP contribution in [0.4, 0.5) is 5.69 Å². The van der Waals surface area contributed by atoms with E-state index in [1.54, 1.807) is 17.8 Å². The lowest BCUT2D eigenvalue weighted by molar-refractivity contribution is 1.17. The van der Waals surface area contributed by atoms with Crippen molar-refractivity contribution in [1.29, 1.82) is 0 Å². The third-order valence-corrected chi connectivity index (χ3v) is 4.35. The Kier molecular flexibility index (Phi) is 3.50. The molecule has 0 aliphatic carbocycles. The highest BCUT2D eigenvalue weighted by molar-refractivity contribution is 9.10. The van der Waals surface area contributed by atoms with Gasteiger partial charge in [-0.3, -0.25) is 4.79 Å². The van der Waals surface area contributed by atoms with Gasteiger partial charge < -0.3 is 10.7 Å². The Bertz CT molecular complexity index is 847. The van der Waals surface area contributed by atoms with E-state index >= 15 is 0 Å². The molecule has 3 aromatic rings. The molecule has 20 heavy (non-hydrogen) atoms. The zero-order valence-electron chi connectivity index (χ0n) is 10.3. The molecule has 100 valence electrons. The second kappa shape index (κ2) is 5.30. The van der Waals surface area contributed by atoms with Crippen LogP contribution in [0.1, 0.15) is 0 Å². The van der Waals surface area contributed by atoms with Gasteiger partial charge in [0.25, 0.3) is 5.56 Å². The maximum atomic E-state index is 11.7. The predicted molar refractivity (Wildman–Crippen MR) is 85.0 cm³/mol. The summed E-state index contributed by atoms with van der Waals surface area (Å²) in [5.74, 6) is 0. The molecular formula is C14H10BrN3OS. The van der Waals surface area contributed by atoms with Gasteiger partial charge in [-0.2, -0.15) is 0 Å². The molecule has 2 aromatic carbocycles. The smallest absolute Gasteiger partial charge is 0.258 e. The number of fused-ring (bicyclic) bond motifs is 1. The minimum Gasteiger partial charge on any atom is -0.398 e.